The minimum absolute atomic E-state index is 0.337. The predicted molar refractivity (Wildman–Crippen MR) is 135 cm³/mol. The van der Waals surface area contributed by atoms with Crippen LogP contribution in [0.3, 0.4) is 0 Å². The maximum atomic E-state index is 2.44. The summed E-state index contributed by atoms with van der Waals surface area (Å²) in [5.74, 6) is 0. The third kappa shape index (κ3) is 3.89. The Morgan fingerprint density at radius 1 is 0.484 bits per heavy atom. The molecule has 0 aliphatic carbocycles. The second kappa shape index (κ2) is 8.45. The van der Waals surface area contributed by atoms with E-state index in [-0.39, 0.29) is 5.41 Å². The Morgan fingerprint density at radius 3 is 1.39 bits per heavy atom. The highest BCUT2D eigenvalue weighted by Gasteiger charge is 2.34. The Morgan fingerprint density at radius 2 is 0.903 bits per heavy atom. The van der Waals surface area contributed by atoms with Crippen molar-refractivity contribution in [3.8, 4) is 0 Å². The number of allylic oxidation sites excluding steroid dienone is 2. The van der Waals surface area contributed by atoms with Crippen LogP contribution in [-0.2, 0) is 5.41 Å². The van der Waals surface area contributed by atoms with Gasteiger partial charge in [-0.05, 0) is 29.2 Å². The highest BCUT2D eigenvalue weighted by atomic mass is 32.2. The molecule has 0 aromatic heterocycles. The lowest BCUT2D eigenvalue weighted by Gasteiger charge is -2.35. The van der Waals surface area contributed by atoms with Crippen molar-refractivity contribution in [1.29, 1.82) is 0 Å². The first-order valence-corrected chi connectivity index (χ1v) is 11.4. The number of hydrogen-bond acceptors (Lipinski definition) is 1. The fourth-order valence-electron chi connectivity index (χ4n) is 4.17. The molecule has 1 heterocycles. The zero-order chi connectivity index (χ0) is 21.1. The molecule has 0 bridgehead atoms. The van der Waals surface area contributed by atoms with Crippen LogP contribution < -0.4 is 0 Å². The van der Waals surface area contributed by atoms with E-state index < -0.39 is 0 Å². The molecule has 4 aromatic carbocycles. The molecular weight excluding hydrogens is 392 g/mol. The first-order chi connectivity index (χ1) is 15.2. The summed E-state index contributed by atoms with van der Waals surface area (Å²) in [7, 11) is 0. The second-order valence-electron chi connectivity index (χ2n) is 7.95. The van der Waals surface area contributed by atoms with Crippen molar-refractivity contribution in [3.05, 3.63) is 155 Å². The van der Waals surface area contributed by atoms with E-state index >= 15 is 0 Å². The molecule has 0 saturated carbocycles. The fraction of sp³-hybridized carbons (Fsp3) is 0.0667. The van der Waals surface area contributed by atoms with E-state index in [9.17, 15) is 0 Å². The van der Waals surface area contributed by atoms with Gasteiger partial charge in [0.15, 0.2) is 0 Å². The summed E-state index contributed by atoms with van der Waals surface area (Å²) in [6, 6.07) is 41.3. The normalized spacial score (nSPS) is 15.1. The molecule has 150 valence electrons. The van der Waals surface area contributed by atoms with Crippen LogP contribution in [0.1, 0.15) is 27.8 Å². The first-order valence-electron chi connectivity index (χ1n) is 10.6. The Labute approximate surface area is 189 Å². The van der Waals surface area contributed by atoms with Crippen molar-refractivity contribution < 1.29 is 0 Å². The summed E-state index contributed by atoms with van der Waals surface area (Å²) in [5, 5.41) is 0. The van der Waals surface area contributed by atoms with Gasteiger partial charge in [0.05, 0.1) is 5.41 Å². The van der Waals surface area contributed by atoms with Crippen LogP contribution in [0.25, 0.3) is 9.81 Å². The van der Waals surface area contributed by atoms with E-state index in [4.69, 9.17) is 0 Å². The van der Waals surface area contributed by atoms with Crippen LogP contribution in [0, 0.1) is 6.92 Å². The summed E-state index contributed by atoms with van der Waals surface area (Å²) in [4.78, 5) is 2.57. The predicted octanol–water partition coefficient (Wildman–Crippen LogP) is 8.11. The van der Waals surface area contributed by atoms with Crippen molar-refractivity contribution in [1.82, 2.24) is 0 Å². The van der Waals surface area contributed by atoms with Crippen molar-refractivity contribution in [2.75, 3.05) is 0 Å². The topological polar surface area (TPSA) is 0 Å². The molecule has 0 unspecified atom stereocenters. The van der Waals surface area contributed by atoms with Gasteiger partial charge in [-0.2, -0.15) is 0 Å². The molecule has 31 heavy (non-hydrogen) atoms. The van der Waals surface area contributed by atoms with Gasteiger partial charge in [-0.15, -0.1) is 0 Å². The van der Waals surface area contributed by atoms with Crippen LogP contribution in [0.2, 0.25) is 0 Å². The maximum absolute atomic E-state index is 2.44. The standard InChI is InChI=1S/C30H24S/c1-23-17-19-27(20-18-23)30(26-15-9-4-10-16-26)21-28(24-11-5-2-6-12-24)31-29(22-30)25-13-7-3-8-14-25/h2-22H,1H3. The van der Waals surface area contributed by atoms with Gasteiger partial charge >= 0.3 is 0 Å². The minimum atomic E-state index is -0.337. The van der Waals surface area contributed by atoms with E-state index in [1.54, 1.807) is 0 Å². The molecule has 0 N–H and O–H groups in total. The lowest BCUT2D eigenvalue weighted by molar-refractivity contribution is 0.820. The average Bonchev–Trinajstić information content (AvgIpc) is 2.86. The largest absolute Gasteiger partial charge is 0.0894 e. The molecule has 0 spiro atoms. The van der Waals surface area contributed by atoms with Gasteiger partial charge in [-0.25, -0.2) is 0 Å². The molecule has 0 amide bonds. The van der Waals surface area contributed by atoms with E-state index in [0.717, 1.165) is 0 Å². The lowest BCUT2D eigenvalue weighted by atomic mass is 9.73. The Hall–Kier alpha value is -3.29. The molecular formula is C30H24S. The van der Waals surface area contributed by atoms with Crippen molar-refractivity contribution >= 4 is 21.6 Å². The Bertz CT molecular complexity index is 1160. The smallest absolute Gasteiger partial charge is 0.0590 e. The van der Waals surface area contributed by atoms with Crippen LogP contribution in [-0.4, -0.2) is 0 Å². The molecule has 1 heteroatoms. The van der Waals surface area contributed by atoms with E-state index in [2.05, 4.69) is 134 Å². The van der Waals surface area contributed by atoms with Gasteiger partial charge in [-0.1, -0.05) is 145 Å². The van der Waals surface area contributed by atoms with E-state index in [0.29, 0.717) is 0 Å². The number of rotatable bonds is 4. The molecule has 5 rings (SSSR count). The number of thioether (sulfide) groups is 1. The summed E-state index contributed by atoms with van der Waals surface area (Å²) in [6.07, 6.45) is 4.89. The molecule has 4 aromatic rings. The van der Waals surface area contributed by atoms with Crippen LogP contribution in [0.15, 0.2) is 127 Å². The van der Waals surface area contributed by atoms with E-state index in [1.807, 2.05) is 11.8 Å². The zero-order valence-electron chi connectivity index (χ0n) is 17.5. The molecule has 0 nitrogen and oxygen atoms in total. The van der Waals surface area contributed by atoms with Gasteiger partial charge in [0.25, 0.3) is 0 Å². The first kappa shape index (κ1) is 19.7. The lowest BCUT2D eigenvalue weighted by Crippen LogP contribution is -2.25. The fourth-order valence-corrected chi connectivity index (χ4v) is 5.40. The van der Waals surface area contributed by atoms with Crippen LogP contribution in [0.5, 0.6) is 0 Å². The van der Waals surface area contributed by atoms with Crippen LogP contribution in [0.4, 0.5) is 0 Å². The second-order valence-corrected chi connectivity index (χ2v) is 9.04. The van der Waals surface area contributed by atoms with Crippen molar-refractivity contribution in [2.24, 2.45) is 0 Å². The maximum Gasteiger partial charge on any atom is 0.0590 e. The third-order valence-electron chi connectivity index (χ3n) is 5.83. The molecule has 0 radical (unpaired) electrons. The van der Waals surface area contributed by atoms with Gasteiger partial charge in [0.1, 0.15) is 0 Å². The van der Waals surface area contributed by atoms with Gasteiger partial charge < -0.3 is 0 Å². The van der Waals surface area contributed by atoms with Gasteiger partial charge in [-0.3, -0.25) is 0 Å². The van der Waals surface area contributed by atoms with Gasteiger partial charge in [0.2, 0.25) is 0 Å². The number of benzene rings is 4. The number of aryl methyl sites for hydroxylation is 1. The Balaban J connectivity index is 1.80. The Kier molecular flexibility index (Phi) is 5.36. The van der Waals surface area contributed by atoms with Crippen molar-refractivity contribution in [3.63, 3.8) is 0 Å². The molecule has 1 aliphatic heterocycles. The molecule has 0 saturated heterocycles. The molecule has 1 aliphatic rings. The summed E-state index contributed by atoms with van der Waals surface area (Å²) < 4.78 is 0. The summed E-state index contributed by atoms with van der Waals surface area (Å²) >= 11 is 1.85. The van der Waals surface area contributed by atoms with Crippen LogP contribution >= 0.6 is 11.8 Å². The highest BCUT2D eigenvalue weighted by molar-refractivity contribution is 8.16. The quantitative estimate of drug-likeness (QED) is 0.324. The average molecular weight is 417 g/mol. The molecule has 0 atom stereocenters. The third-order valence-corrected chi connectivity index (χ3v) is 6.98. The zero-order valence-corrected chi connectivity index (χ0v) is 18.3. The monoisotopic (exact) mass is 416 g/mol. The summed E-state index contributed by atoms with van der Waals surface area (Å²) in [5.41, 5.74) is 6.00. The molecule has 0 fully saturated rings. The number of hydrogen-bond donors (Lipinski definition) is 0. The summed E-state index contributed by atoms with van der Waals surface area (Å²) in [6.45, 7) is 2.15. The highest BCUT2D eigenvalue weighted by Crippen LogP contribution is 2.51. The van der Waals surface area contributed by atoms with Crippen molar-refractivity contribution in [2.45, 2.75) is 12.3 Å². The minimum Gasteiger partial charge on any atom is -0.0894 e. The van der Waals surface area contributed by atoms with Gasteiger partial charge in [0, 0.05) is 9.81 Å². The van der Waals surface area contributed by atoms with E-state index in [1.165, 1.54) is 37.6 Å². The SMILES string of the molecule is Cc1ccc(C2(c3ccccc3)C=C(c3ccccc3)SC(c3ccccc3)=C2)cc1.